The molecule has 5 rings (SSSR count). The van der Waals surface area contributed by atoms with Crippen LogP contribution in [0.2, 0.25) is 0 Å². The molecule has 1 aromatic carbocycles. The van der Waals surface area contributed by atoms with Crippen LogP contribution in [0.1, 0.15) is 18.4 Å². The Bertz CT molecular complexity index is 676. The van der Waals surface area contributed by atoms with Gasteiger partial charge in [0, 0.05) is 0 Å². The molecule has 1 saturated carbocycles. The topological polar surface area (TPSA) is 96.3 Å². The number of aliphatic carboxylic acids is 1. The molecule has 0 unspecified atom stereocenters. The first kappa shape index (κ1) is 15.4. The van der Waals surface area contributed by atoms with E-state index < -0.39 is 28.7 Å². The average Bonchev–Trinajstić information content (AvgIpc) is 2.99. The Labute approximate surface area is 138 Å². The van der Waals surface area contributed by atoms with E-state index in [9.17, 15) is 19.8 Å². The lowest BCUT2D eigenvalue weighted by Crippen LogP contribution is -2.70. The van der Waals surface area contributed by atoms with E-state index >= 15 is 0 Å². The average molecular weight is 333 g/mol. The van der Waals surface area contributed by atoms with Crippen LogP contribution in [-0.2, 0) is 20.9 Å². The molecule has 3 saturated heterocycles. The minimum absolute atomic E-state index is 0.175. The van der Waals surface area contributed by atoms with Crippen LogP contribution in [0.3, 0.4) is 0 Å². The molecule has 1 spiro atoms. The number of carbonyl (C=O) groups excluding carboxylic acids is 1. The summed E-state index contributed by atoms with van der Waals surface area (Å²) in [5.41, 5.74) is -1.75. The van der Waals surface area contributed by atoms with Gasteiger partial charge in [0.15, 0.2) is 0 Å². The second-order valence-corrected chi connectivity index (χ2v) is 7.07. The van der Waals surface area contributed by atoms with Gasteiger partial charge in [0.25, 0.3) is 0 Å². The molecule has 0 aromatic heterocycles. The van der Waals surface area contributed by atoms with E-state index in [2.05, 4.69) is 0 Å². The van der Waals surface area contributed by atoms with E-state index in [-0.39, 0.29) is 26.3 Å². The van der Waals surface area contributed by atoms with Gasteiger partial charge in [-0.25, -0.2) is 4.79 Å². The fourth-order valence-electron chi connectivity index (χ4n) is 4.32. The Morgan fingerprint density at radius 3 is 2.46 bits per heavy atom. The zero-order valence-corrected chi connectivity index (χ0v) is 13.1. The van der Waals surface area contributed by atoms with Crippen molar-refractivity contribution in [3.8, 4) is 0 Å². The second kappa shape index (κ2) is 4.94. The fourth-order valence-corrected chi connectivity index (χ4v) is 4.32. The summed E-state index contributed by atoms with van der Waals surface area (Å²) in [6, 6.07) is 9.35. The SMILES string of the molecule is O=C(OCc1ccccc1)N1CC2(C1)OC1(CO)CC2(C(=O)O)C1. The number of benzene rings is 1. The Morgan fingerprint density at radius 1 is 1.21 bits per heavy atom. The van der Waals surface area contributed by atoms with E-state index in [1.807, 2.05) is 30.3 Å². The van der Waals surface area contributed by atoms with E-state index in [1.54, 1.807) is 0 Å². The highest BCUT2D eigenvalue weighted by molar-refractivity contribution is 5.81. The molecular weight excluding hydrogens is 314 g/mol. The van der Waals surface area contributed by atoms with Crippen LogP contribution in [0.5, 0.6) is 0 Å². The first-order chi connectivity index (χ1) is 11.4. The van der Waals surface area contributed by atoms with Gasteiger partial charge in [0.2, 0.25) is 0 Å². The number of amides is 1. The molecule has 4 aliphatic rings. The van der Waals surface area contributed by atoms with Crippen LogP contribution in [0.25, 0.3) is 0 Å². The molecule has 3 aliphatic heterocycles. The Kier molecular flexibility index (Phi) is 3.17. The molecule has 0 atom stereocenters. The first-order valence-corrected chi connectivity index (χ1v) is 7.94. The quantitative estimate of drug-likeness (QED) is 0.853. The lowest BCUT2D eigenvalue weighted by molar-refractivity contribution is -0.172. The maximum Gasteiger partial charge on any atom is 0.410 e. The van der Waals surface area contributed by atoms with E-state index in [0.29, 0.717) is 12.8 Å². The van der Waals surface area contributed by atoms with Crippen LogP contribution >= 0.6 is 0 Å². The molecule has 3 heterocycles. The largest absolute Gasteiger partial charge is 0.481 e. The van der Waals surface area contributed by atoms with Crippen molar-refractivity contribution in [2.24, 2.45) is 5.41 Å². The summed E-state index contributed by atoms with van der Waals surface area (Å²) in [5.74, 6) is -0.915. The van der Waals surface area contributed by atoms with Crippen molar-refractivity contribution in [3.05, 3.63) is 35.9 Å². The monoisotopic (exact) mass is 333 g/mol. The summed E-state index contributed by atoms with van der Waals surface area (Å²) in [4.78, 5) is 25.3. The van der Waals surface area contributed by atoms with Gasteiger partial charge in [-0.3, -0.25) is 4.79 Å². The van der Waals surface area contributed by atoms with Crippen molar-refractivity contribution in [2.75, 3.05) is 19.7 Å². The maximum atomic E-state index is 12.1. The van der Waals surface area contributed by atoms with Gasteiger partial charge in [0.1, 0.15) is 17.6 Å². The van der Waals surface area contributed by atoms with Crippen molar-refractivity contribution < 1.29 is 29.3 Å². The van der Waals surface area contributed by atoms with Gasteiger partial charge in [-0.2, -0.15) is 0 Å². The maximum absolute atomic E-state index is 12.1. The van der Waals surface area contributed by atoms with Crippen LogP contribution in [-0.4, -0.2) is 58.1 Å². The highest BCUT2D eigenvalue weighted by Crippen LogP contribution is 2.68. The predicted octanol–water partition coefficient (Wildman–Crippen LogP) is 1.00. The van der Waals surface area contributed by atoms with Crippen LogP contribution < -0.4 is 0 Å². The number of aliphatic hydroxyl groups is 1. The summed E-state index contributed by atoms with van der Waals surface area (Å²) < 4.78 is 11.2. The normalized spacial score (nSPS) is 32.1. The molecule has 4 fully saturated rings. The highest BCUT2D eigenvalue weighted by Gasteiger charge is 2.81. The van der Waals surface area contributed by atoms with Gasteiger partial charge in [-0.05, 0) is 18.4 Å². The fraction of sp³-hybridized carbons (Fsp3) is 0.529. The molecule has 2 bridgehead atoms. The molecule has 7 heteroatoms. The first-order valence-electron chi connectivity index (χ1n) is 7.94. The summed E-state index contributed by atoms with van der Waals surface area (Å²) in [6.45, 7) is 0.361. The molecule has 128 valence electrons. The summed E-state index contributed by atoms with van der Waals surface area (Å²) in [6.07, 6.45) is 0.132. The number of carboxylic acid groups (broad SMARTS) is 1. The van der Waals surface area contributed by atoms with Gasteiger partial charge in [-0.1, -0.05) is 30.3 Å². The smallest absolute Gasteiger partial charge is 0.410 e. The molecule has 1 aliphatic carbocycles. The van der Waals surface area contributed by atoms with Crippen molar-refractivity contribution in [3.63, 3.8) is 0 Å². The number of hydrogen-bond acceptors (Lipinski definition) is 5. The number of nitrogens with zero attached hydrogens (tertiary/aromatic N) is 1. The molecule has 1 aromatic rings. The molecule has 7 nitrogen and oxygen atoms in total. The zero-order valence-electron chi connectivity index (χ0n) is 13.1. The van der Waals surface area contributed by atoms with Crippen molar-refractivity contribution in [1.82, 2.24) is 4.90 Å². The second-order valence-electron chi connectivity index (χ2n) is 7.07. The number of ether oxygens (including phenoxy) is 2. The van der Waals surface area contributed by atoms with Gasteiger partial charge in [-0.15, -0.1) is 0 Å². The Hall–Kier alpha value is -2.12. The van der Waals surface area contributed by atoms with Crippen LogP contribution in [0.4, 0.5) is 4.79 Å². The number of hydrogen-bond donors (Lipinski definition) is 2. The molecule has 2 N–H and O–H groups in total. The third kappa shape index (κ3) is 1.91. The number of rotatable bonds is 4. The standard InChI is InChI=1S/C17H19NO6/c19-11-15-7-16(8-15,13(20)21)17(24-15)9-18(10-17)14(22)23-6-12-4-2-1-3-5-12/h1-5,19H,6-11H2,(H,20,21). The summed E-state index contributed by atoms with van der Waals surface area (Å²) >= 11 is 0. The number of carbonyl (C=O) groups is 2. The Balaban J connectivity index is 1.39. The van der Waals surface area contributed by atoms with Gasteiger partial charge in [0.05, 0.1) is 25.3 Å². The van der Waals surface area contributed by atoms with Crippen LogP contribution in [0.15, 0.2) is 30.3 Å². The van der Waals surface area contributed by atoms with E-state index in [1.165, 1.54) is 4.90 Å². The zero-order chi connectivity index (χ0) is 17.0. The number of aliphatic hydroxyl groups excluding tert-OH is 1. The Morgan fingerprint density at radius 2 is 1.88 bits per heavy atom. The number of carboxylic acids is 1. The summed E-state index contributed by atoms with van der Waals surface area (Å²) in [5, 5.41) is 19.1. The molecular formula is C17H19NO6. The van der Waals surface area contributed by atoms with Crippen molar-refractivity contribution in [1.29, 1.82) is 0 Å². The van der Waals surface area contributed by atoms with Crippen molar-refractivity contribution in [2.45, 2.75) is 30.7 Å². The lowest BCUT2D eigenvalue weighted by Gasteiger charge is -2.52. The van der Waals surface area contributed by atoms with Crippen LogP contribution in [0, 0.1) is 5.41 Å². The van der Waals surface area contributed by atoms with Gasteiger partial charge < -0.3 is 24.6 Å². The van der Waals surface area contributed by atoms with E-state index in [0.717, 1.165) is 5.56 Å². The van der Waals surface area contributed by atoms with Gasteiger partial charge >= 0.3 is 12.1 Å². The molecule has 24 heavy (non-hydrogen) atoms. The minimum atomic E-state index is -0.994. The third-order valence-electron chi connectivity index (χ3n) is 5.59. The highest BCUT2D eigenvalue weighted by atomic mass is 16.6. The molecule has 1 amide bonds. The van der Waals surface area contributed by atoms with E-state index in [4.69, 9.17) is 9.47 Å². The summed E-state index contributed by atoms with van der Waals surface area (Å²) in [7, 11) is 0. The molecule has 0 radical (unpaired) electrons. The number of likely N-dealkylation sites (tertiary alicyclic amines) is 1. The third-order valence-corrected chi connectivity index (χ3v) is 5.59. The predicted molar refractivity (Wildman–Crippen MR) is 81.1 cm³/mol. The van der Waals surface area contributed by atoms with Crippen molar-refractivity contribution >= 4 is 12.1 Å². The lowest BCUT2D eigenvalue weighted by atomic mass is 9.54. The minimum Gasteiger partial charge on any atom is -0.481 e.